The summed E-state index contributed by atoms with van der Waals surface area (Å²) >= 11 is 0. The van der Waals surface area contributed by atoms with Gasteiger partial charge in [0, 0.05) is 6.54 Å². The smallest absolute Gasteiger partial charge is 0.261 e. The Morgan fingerprint density at radius 1 is 1.29 bits per heavy atom. The number of nitrogens with zero attached hydrogens (tertiary/aromatic N) is 5. The molecular weight excluding hydrogens is 308 g/mol. The standard InChI is InChI=1S/C16H18N6O2/c1-3-22-15(17-9-19-22)11(2)20-14(23)8-21-10-18-13-7-5-4-6-12(13)16(21)24/h4-7,9-11H,3,8H2,1-2H3,(H,20,23)/t11-/m0/s1. The monoisotopic (exact) mass is 326 g/mol. The number of fused-ring (bicyclic) bond motifs is 1. The summed E-state index contributed by atoms with van der Waals surface area (Å²) in [6.07, 6.45) is 2.85. The molecule has 0 spiro atoms. The number of hydrogen-bond donors (Lipinski definition) is 1. The van der Waals surface area contributed by atoms with E-state index in [-0.39, 0.29) is 24.1 Å². The molecule has 0 radical (unpaired) electrons. The van der Waals surface area contributed by atoms with Crippen LogP contribution in [0.25, 0.3) is 10.9 Å². The first-order valence-corrected chi connectivity index (χ1v) is 7.71. The molecule has 8 nitrogen and oxygen atoms in total. The highest BCUT2D eigenvalue weighted by Crippen LogP contribution is 2.08. The number of amides is 1. The second kappa shape index (κ2) is 6.61. The summed E-state index contributed by atoms with van der Waals surface area (Å²) in [5.74, 6) is 0.391. The van der Waals surface area contributed by atoms with Crippen LogP contribution in [0, 0.1) is 0 Å². The predicted octanol–water partition coefficient (Wildman–Crippen LogP) is 0.885. The van der Waals surface area contributed by atoms with E-state index in [0.717, 1.165) is 0 Å². The van der Waals surface area contributed by atoms with Crippen molar-refractivity contribution in [3.63, 3.8) is 0 Å². The fraction of sp³-hybridized carbons (Fsp3) is 0.312. The molecule has 0 unspecified atom stereocenters. The van der Waals surface area contributed by atoms with Gasteiger partial charge in [-0.2, -0.15) is 5.10 Å². The van der Waals surface area contributed by atoms with Gasteiger partial charge in [-0.25, -0.2) is 14.6 Å². The molecule has 0 aliphatic rings. The molecule has 0 fully saturated rings. The van der Waals surface area contributed by atoms with Crippen molar-refractivity contribution in [3.05, 3.63) is 53.1 Å². The average molecular weight is 326 g/mol. The van der Waals surface area contributed by atoms with Crippen LogP contribution < -0.4 is 10.9 Å². The third-order valence-corrected chi connectivity index (χ3v) is 3.76. The Bertz CT molecular complexity index is 929. The van der Waals surface area contributed by atoms with E-state index in [0.29, 0.717) is 23.3 Å². The minimum Gasteiger partial charge on any atom is -0.345 e. The summed E-state index contributed by atoms with van der Waals surface area (Å²) in [7, 11) is 0. The molecule has 0 saturated heterocycles. The molecule has 0 saturated carbocycles. The van der Waals surface area contributed by atoms with Crippen LogP contribution in [-0.2, 0) is 17.9 Å². The molecule has 1 atom stereocenters. The van der Waals surface area contributed by atoms with Crippen LogP contribution in [0.15, 0.2) is 41.7 Å². The Labute approximate surface area is 138 Å². The average Bonchev–Trinajstić information content (AvgIpc) is 3.06. The van der Waals surface area contributed by atoms with Crippen molar-refractivity contribution in [2.24, 2.45) is 0 Å². The van der Waals surface area contributed by atoms with E-state index >= 15 is 0 Å². The normalized spacial score (nSPS) is 12.2. The highest BCUT2D eigenvalue weighted by molar-refractivity contribution is 5.79. The lowest BCUT2D eigenvalue weighted by Crippen LogP contribution is -2.34. The number of para-hydroxylation sites is 1. The van der Waals surface area contributed by atoms with Crippen LogP contribution >= 0.6 is 0 Å². The second-order valence-electron chi connectivity index (χ2n) is 5.42. The van der Waals surface area contributed by atoms with Crippen LogP contribution in [-0.4, -0.2) is 30.2 Å². The number of rotatable bonds is 5. The van der Waals surface area contributed by atoms with Crippen molar-refractivity contribution < 1.29 is 4.79 Å². The molecule has 1 N–H and O–H groups in total. The molecular formula is C16H18N6O2. The molecule has 24 heavy (non-hydrogen) atoms. The van der Waals surface area contributed by atoms with E-state index in [1.54, 1.807) is 22.9 Å². The lowest BCUT2D eigenvalue weighted by atomic mass is 10.2. The second-order valence-corrected chi connectivity index (χ2v) is 5.42. The van der Waals surface area contributed by atoms with E-state index in [1.807, 2.05) is 19.9 Å². The van der Waals surface area contributed by atoms with Crippen LogP contribution in [0.1, 0.15) is 25.7 Å². The number of carbonyl (C=O) groups excluding carboxylic acids is 1. The first kappa shape index (κ1) is 15.9. The van der Waals surface area contributed by atoms with Crippen molar-refractivity contribution >= 4 is 16.8 Å². The molecule has 0 bridgehead atoms. The van der Waals surface area contributed by atoms with Crippen LogP contribution in [0.5, 0.6) is 0 Å². The minimum atomic E-state index is -0.302. The highest BCUT2D eigenvalue weighted by atomic mass is 16.2. The van der Waals surface area contributed by atoms with Gasteiger partial charge in [0.25, 0.3) is 5.56 Å². The minimum absolute atomic E-state index is 0.0960. The Morgan fingerprint density at radius 3 is 2.88 bits per heavy atom. The third kappa shape index (κ3) is 3.03. The van der Waals surface area contributed by atoms with Crippen molar-refractivity contribution in [1.29, 1.82) is 0 Å². The first-order valence-electron chi connectivity index (χ1n) is 7.71. The maximum Gasteiger partial charge on any atom is 0.261 e. The summed E-state index contributed by atoms with van der Waals surface area (Å²) in [5, 5.41) is 7.41. The quantitative estimate of drug-likeness (QED) is 0.751. The number of carbonyl (C=O) groups is 1. The van der Waals surface area contributed by atoms with E-state index < -0.39 is 0 Å². The maximum atomic E-state index is 12.4. The van der Waals surface area contributed by atoms with Crippen molar-refractivity contribution in [2.45, 2.75) is 33.0 Å². The lowest BCUT2D eigenvalue weighted by Gasteiger charge is -2.14. The largest absolute Gasteiger partial charge is 0.345 e. The Kier molecular flexibility index (Phi) is 4.37. The van der Waals surface area contributed by atoms with Gasteiger partial charge in [0.15, 0.2) is 0 Å². The van der Waals surface area contributed by atoms with Crippen LogP contribution in [0.4, 0.5) is 0 Å². The zero-order valence-electron chi connectivity index (χ0n) is 13.5. The molecule has 1 amide bonds. The van der Waals surface area contributed by atoms with Gasteiger partial charge in [0.05, 0.1) is 23.3 Å². The van der Waals surface area contributed by atoms with Gasteiger partial charge in [-0.1, -0.05) is 12.1 Å². The summed E-state index contributed by atoms with van der Waals surface area (Å²) in [6, 6.07) is 6.75. The molecule has 0 aliphatic heterocycles. The van der Waals surface area contributed by atoms with Gasteiger partial charge in [0.2, 0.25) is 5.91 Å². The van der Waals surface area contributed by atoms with Crippen LogP contribution in [0.2, 0.25) is 0 Å². The van der Waals surface area contributed by atoms with Gasteiger partial charge in [-0.15, -0.1) is 0 Å². The van der Waals surface area contributed by atoms with Gasteiger partial charge in [-0.3, -0.25) is 14.2 Å². The summed E-state index contributed by atoms with van der Waals surface area (Å²) in [6.45, 7) is 4.35. The summed E-state index contributed by atoms with van der Waals surface area (Å²) in [4.78, 5) is 33.0. The van der Waals surface area contributed by atoms with E-state index in [2.05, 4.69) is 20.4 Å². The molecule has 3 rings (SSSR count). The summed E-state index contributed by atoms with van der Waals surface area (Å²) in [5.41, 5.74) is 0.378. The fourth-order valence-corrected chi connectivity index (χ4v) is 2.58. The zero-order valence-corrected chi connectivity index (χ0v) is 13.5. The highest BCUT2D eigenvalue weighted by Gasteiger charge is 2.16. The van der Waals surface area contributed by atoms with Crippen molar-refractivity contribution in [2.75, 3.05) is 0 Å². The maximum absolute atomic E-state index is 12.4. The van der Waals surface area contributed by atoms with E-state index in [4.69, 9.17) is 0 Å². The fourth-order valence-electron chi connectivity index (χ4n) is 2.58. The lowest BCUT2D eigenvalue weighted by molar-refractivity contribution is -0.122. The predicted molar refractivity (Wildman–Crippen MR) is 88.3 cm³/mol. The molecule has 1 aromatic carbocycles. The topological polar surface area (TPSA) is 94.7 Å². The Balaban J connectivity index is 1.76. The molecule has 2 heterocycles. The Hall–Kier alpha value is -3.03. The SMILES string of the molecule is CCn1ncnc1[C@H](C)NC(=O)Cn1cnc2ccccc2c1=O. The van der Waals surface area contributed by atoms with E-state index in [9.17, 15) is 9.59 Å². The summed E-state index contributed by atoms with van der Waals surface area (Å²) < 4.78 is 3.02. The van der Waals surface area contributed by atoms with E-state index in [1.165, 1.54) is 17.2 Å². The zero-order chi connectivity index (χ0) is 17.1. The molecule has 2 aromatic heterocycles. The van der Waals surface area contributed by atoms with Gasteiger partial charge in [0.1, 0.15) is 18.7 Å². The van der Waals surface area contributed by atoms with Crippen molar-refractivity contribution in [3.8, 4) is 0 Å². The number of nitrogens with one attached hydrogen (secondary N) is 1. The molecule has 0 aliphatic carbocycles. The van der Waals surface area contributed by atoms with Crippen LogP contribution in [0.3, 0.4) is 0 Å². The number of benzene rings is 1. The number of aryl methyl sites for hydroxylation is 1. The first-order chi connectivity index (χ1) is 11.6. The van der Waals surface area contributed by atoms with Crippen molar-refractivity contribution in [1.82, 2.24) is 29.6 Å². The van der Waals surface area contributed by atoms with Gasteiger partial charge < -0.3 is 5.32 Å². The van der Waals surface area contributed by atoms with Gasteiger partial charge in [-0.05, 0) is 26.0 Å². The Morgan fingerprint density at radius 2 is 2.08 bits per heavy atom. The molecule has 124 valence electrons. The number of hydrogen-bond acceptors (Lipinski definition) is 5. The number of aromatic nitrogens is 5. The third-order valence-electron chi connectivity index (χ3n) is 3.76. The molecule has 3 aromatic rings. The van der Waals surface area contributed by atoms with Gasteiger partial charge >= 0.3 is 0 Å². The molecule has 8 heteroatoms.